The maximum atomic E-state index is 14.0. The molecule has 0 spiro atoms. The fraction of sp³-hybridized carbons (Fsp3) is 0.333. The topological polar surface area (TPSA) is 88.3 Å². The summed E-state index contributed by atoms with van der Waals surface area (Å²) in [5, 5.41) is 16.5. The van der Waals surface area contributed by atoms with Gasteiger partial charge < -0.3 is 10.0 Å². The molecule has 9 heteroatoms. The summed E-state index contributed by atoms with van der Waals surface area (Å²) < 4.78 is 15.2. The monoisotopic (exact) mass is 350 g/mol. The number of amides is 1. The third-order valence-corrected chi connectivity index (χ3v) is 4.95. The number of hydrogen-bond acceptors (Lipinski definition) is 4. The van der Waals surface area contributed by atoms with Crippen LogP contribution in [0, 0.1) is 23.6 Å². The van der Waals surface area contributed by atoms with E-state index in [-0.39, 0.29) is 40.1 Å². The number of carboxylic acid groups (broad SMARTS) is 1. The number of carboxylic acids is 1. The third kappa shape index (κ3) is 2.25. The van der Waals surface area contributed by atoms with Gasteiger partial charge >= 0.3 is 5.97 Å². The van der Waals surface area contributed by atoms with Gasteiger partial charge in [0.15, 0.2) is 11.5 Å². The van der Waals surface area contributed by atoms with Crippen LogP contribution in [-0.4, -0.2) is 50.0 Å². The number of piperidine rings is 1. The Labute approximate surface area is 140 Å². The number of likely N-dealkylation sites (tertiary alicyclic amines) is 1. The van der Waals surface area contributed by atoms with E-state index in [4.69, 9.17) is 16.7 Å². The lowest BCUT2D eigenvalue weighted by Crippen LogP contribution is -2.32. The average Bonchev–Trinajstić information content (AvgIpc) is 2.94. The standard InChI is InChI=1S/C15H12ClFN4O3/c16-9-2-1-3-11(13(9)17)21-6-10(18-19-21)14(22)20-4-7-8(5-20)12(7)15(23)24/h1-3,6-8,12H,4-5H2,(H,23,24)/t7-,8+,12?. The number of nitrogens with zero attached hydrogens (tertiary/aromatic N) is 4. The number of fused-ring (bicyclic) bond motifs is 1. The zero-order chi connectivity index (χ0) is 17.0. The van der Waals surface area contributed by atoms with Crippen molar-refractivity contribution >= 4 is 23.5 Å². The molecule has 0 bridgehead atoms. The highest BCUT2D eigenvalue weighted by molar-refractivity contribution is 6.30. The normalized spacial score (nSPS) is 24.8. The van der Waals surface area contributed by atoms with Crippen molar-refractivity contribution in [3.05, 3.63) is 40.9 Å². The summed E-state index contributed by atoms with van der Waals surface area (Å²) in [6.45, 7) is 0.803. The molecule has 124 valence electrons. The van der Waals surface area contributed by atoms with Crippen molar-refractivity contribution in [2.24, 2.45) is 17.8 Å². The van der Waals surface area contributed by atoms with Crippen LogP contribution < -0.4 is 0 Å². The number of benzene rings is 1. The Kier molecular flexibility index (Phi) is 3.31. The first-order valence-electron chi connectivity index (χ1n) is 7.36. The van der Waals surface area contributed by atoms with Gasteiger partial charge in [-0.3, -0.25) is 9.59 Å². The highest BCUT2D eigenvalue weighted by Crippen LogP contribution is 2.51. The van der Waals surface area contributed by atoms with Crippen LogP contribution in [0.5, 0.6) is 0 Å². The maximum absolute atomic E-state index is 14.0. The minimum Gasteiger partial charge on any atom is -0.481 e. The highest BCUT2D eigenvalue weighted by atomic mass is 35.5. The van der Waals surface area contributed by atoms with Gasteiger partial charge in [0.2, 0.25) is 0 Å². The van der Waals surface area contributed by atoms with E-state index in [0.717, 1.165) is 4.68 Å². The lowest BCUT2D eigenvalue weighted by molar-refractivity contribution is -0.139. The number of carbonyl (C=O) groups excluding carboxylic acids is 1. The van der Waals surface area contributed by atoms with Gasteiger partial charge in [0.1, 0.15) is 5.69 Å². The molecule has 3 atom stereocenters. The number of halogens is 2. The maximum Gasteiger partial charge on any atom is 0.307 e. The second kappa shape index (κ2) is 5.27. The molecule has 2 aliphatic rings. The summed E-state index contributed by atoms with van der Waals surface area (Å²) in [5.41, 5.74) is 0.187. The molecule has 0 radical (unpaired) electrons. The summed E-state index contributed by atoms with van der Waals surface area (Å²) >= 11 is 5.74. The Bertz CT molecular complexity index is 843. The second-order valence-corrected chi connectivity index (χ2v) is 6.43. The minimum atomic E-state index is -0.806. The van der Waals surface area contributed by atoms with Crippen LogP contribution in [-0.2, 0) is 4.79 Å². The lowest BCUT2D eigenvalue weighted by atomic mass is 10.2. The van der Waals surface area contributed by atoms with E-state index >= 15 is 0 Å². The summed E-state index contributed by atoms with van der Waals surface area (Å²) in [5.74, 6) is -2.08. The SMILES string of the molecule is O=C(O)C1[C@H]2CN(C(=O)c3cn(-c4cccc(Cl)c4F)nn3)C[C@@H]12. The van der Waals surface area contributed by atoms with E-state index in [1.54, 1.807) is 11.0 Å². The van der Waals surface area contributed by atoms with Crippen LogP contribution in [0.15, 0.2) is 24.4 Å². The van der Waals surface area contributed by atoms with Crippen molar-refractivity contribution in [3.8, 4) is 5.69 Å². The molecule has 1 N–H and O–H groups in total. The van der Waals surface area contributed by atoms with E-state index in [0.29, 0.717) is 13.1 Å². The molecule has 1 unspecified atom stereocenters. The molecular formula is C15H12ClFN4O3. The van der Waals surface area contributed by atoms with Crippen molar-refractivity contribution in [1.29, 1.82) is 0 Å². The van der Waals surface area contributed by atoms with Gasteiger partial charge in [-0.05, 0) is 24.0 Å². The van der Waals surface area contributed by atoms with Crippen molar-refractivity contribution < 1.29 is 19.1 Å². The lowest BCUT2D eigenvalue weighted by Gasteiger charge is -2.17. The summed E-state index contributed by atoms with van der Waals surface area (Å²) in [6.07, 6.45) is 1.34. The Morgan fingerprint density at radius 3 is 2.67 bits per heavy atom. The van der Waals surface area contributed by atoms with E-state index in [2.05, 4.69) is 10.3 Å². The molecule has 1 saturated heterocycles. The van der Waals surface area contributed by atoms with E-state index < -0.39 is 11.8 Å². The zero-order valence-electron chi connectivity index (χ0n) is 12.3. The Morgan fingerprint density at radius 1 is 1.29 bits per heavy atom. The first-order chi connectivity index (χ1) is 11.5. The van der Waals surface area contributed by atoms with Crippen LogP contribution in [0.3, 0.4) is 0 Å². The summed E-state index contributed by atoms with van der Waals surface area (Å²) in [4.78, 5) is 25.0. The van der Waals surface area contributed by atoms with E-state index in [1.807, 2.05) is 0 Å². The first kappa shape index (κ1) is 15.1. The fourth-order valence-corrected chi connectivity index (χ4v) is 3.54. The fourth-order valence-electron chi connectivity index (χ4n) is 3.37. The highest BCUT2D eigenvalue weighted by Gasteiger charge is 2.60. The van der Waals surface area contributed by atoms with Crippen molar-refractivity contribution in [2.45, 2.75) is 0 Å². The molecule has 1 amide bonds. The van der Waals surface area contributed by atoms with Crippen LogP contribution in [0.4, 0.5) is 4.39 Å². The second-order valence-electron chi connectivity index (χ2n) is 6.02. The van der Waals surface area contributed by atoms with E-state index in [1.165, 1.54) is 18.3 Å². The molecule has 24 heavy (non-hydrogen) atoms. The number of hydrogen-bond donors (Lipinski definition) is 1. The number of rotatable bonds is 3. The minimum absolute atomic E-state index is 0.0202. The van der Waals surface area contributed by atoms with Crippen LogP contribution in [0.2, 0.25) is 5.02 Å². The largest absolute Gasteiger partial charge is 0.481 e. The molecule has 2 fully saturated rings. The molecule has 1 saturated carbocycles. The van der Waals surface area contributed by atoms with Crippen LogP contribution >= 0.6 is 11.6 Å². The molecule has 1 aliphatic heterocycles. The Hall–Kier alpha value is -2.48. The summed E-state index contributed by atoms with van der Waals surface area (Å²) in [6, 6.07) is 4.47. The Morgan fingerprint density at radius 2 is 2.00 bits per heavy atom. The van der Waals surface area contributed by atoms with Gasteiger partial charge in [-0.25, -0.2) is 9.07 Å². The van der Waals surface area contributed by atoms with Crippen LogP contribution in [0.25, 0.3) is 5.69 Å². The van der Waals surface area contributed by atoms with Gasteiger partial charge in [0, 0.05) is 13.1 Å². The van der Waals surface area contributed by atoms with Crippen molar-refractivity contribution in [2.75, 3.05) is 13.1 Å². The quantitative estimate of drug-likeness (QED) is 0.905. The van der Waals surface area contributed by atoms with Crippen molar-refractivity contribution in [3.63, 3.8) is 0 Å². The predicted octanol–water partition coefficient (Wildman–Crippen LogP) is 1.46. The molecule has 4 rings (SSSR count). The Balaban J connectivity index is 1.51. The average molecular weight is 351 g/mol. The molecule has 1 aromatic heterocycles. The van der Waals surface area contributed by atoms with Gasteiger partial charge in [-0.15, -0.1) is 5.10 Å². The number of aliphatic carboxylic acids is 1. The molecule has 1 aliphatic carbocycles. The van der Waals surface area contributed by atoms with Gasteiger partial charge in [-0.1, -0.05) is 22.9 Å². The smallest absolute Gasteiger partial charge is 0.307 e. The van der Waals surface area contributed by atoms with Crippen LogP contribution in [0.1, 0.15) is 10.5 Å². The van der Waals surface area contributed by atoms with Gasteiger partial charge in [0.25, 0.3) is 5.91 Å². The third-order valence-electron chi connectivity index (χ3n) is 4.66. The molecule has 2 heterocycles. The van der Waals surface area contributed by atoms with Gasteiger partial charge in [0.05, 0.1) is 17.1 Å². The molecule has 1 aromatic carbocycles. The number of aromatic nitrogens is 3. The first-order valence-corrected chi connectivity index (χ1v) is 7.74. The molecule has 2 aromatic rings. The van der Waals surface area contributed by atoms with E-state index in [9.17, 15) is 14.0 Å². The van der Waals surface area contributed by atoms with Crippen molar-refractivity contribution in [1.82, 2.24) is 19.9 Å². The molecular weight excluding hydrogens is 339 g/mol. The molecule has 7 nitrogen and oxygen atoms in total. The summed E-state index contributed by atoms with van der Waals surface area (Å²) in [7, 11) is 0. The zero-order valence-corrected chi connectivity index (χ0v) is 13.0. The van der Waals surface area contributed by atoms with Gasteiger partial charge in [-0.2, -0.15) is 0 Å². The predicted molar refractivity (Wildman–Crippen MR) is 80.3 cm³/mol. The number of carbonyl (C=O) groups is 2.